The van der Waals surface area contributed by atoms with Crippen molar-refractivity contribution in [3.05, 3.63) is 17.7 Å². The van der Waals surface area contributed by atoms with Crippen LogP contribution in [0, 0.1) is 5.92 Å². The molecule has 2 heterocycles. The zero-order valence-corrected chi connectivity index (χ0v) is 12.9. The molecule has 21 heavy (non-hydrogen) atoms. The summed E-state index contributed by atoms with van der Waals surface area (Å²) in [6.07, 6.45) is 3.79. The van der Waals surface area contributed by atoms with Gasteiger partial charge in [0.1, 0.15) is 5.82 Å². The molecule has 1 N–H and O–H groups in total. The molecule has 0 spiro atoms. The molecule has 1 atom stereocenters. The van der Waals surface area contributed by atoms with Gasteiger partial charge in [-0.3, -0.25) is 0 Å². The Morgan fingerprint density at radius 1 is 1.57 bits per heavy atom. The van der Waals surface area contributed by atoms with E-state index in [2.05, 4.69) is 9.97 Å². The third-order valence-electron chi connectivity index (χ3n) is 3.70. The van der Waals surface area contributed by atoms with Crippen molar-refractivity contribution in [1.82, 2.24) is 9.97 Å². The lowest BCUT2D eigenvalue weighted by Gasteiger charge is -2.28. The third kappa shape index (κ3) is 3.91. The Kier molecular flexibility index (Phi) is 5.12. The molecule has 0 aliphatic carbocycles. The van der Waals surface area contributed by atoms with Gasteiger partial charge in [-0.1, -0.05) is 13.8 Å². The molecule has 6 heteroatoms. The minimum atomic E-state index is -1.01. The fraction of sp³-hybridized carbons (Fsp3) is 0.667. The van der Waals surface area contributed by atoms with Crippen LogP contribution < -0.4 is 4.90 Å². The van der Waals surface area contributed by atoms with Crippen LogP contribution in [-0.4, -0.2) is 47.8 Å². The fourth-order valence-corrected chi connectivity index (χ4v) is 2.54. The van der Waals surface area contributed by atoms with Crippen LogP contribution in [0.5, 0.6) is 0 Å². The summed E-state index contributed by atoms with van der Waals surface area (Å²) in [5.74, 6) is 0.0796. The number of anilines is 1. The Labute approximate surface area is 125 Å². The zero-order valence-electron chi connectivity index (χ0n) is 12.9. The van der Waals surface area contributed by atoms with Crippen molar-refractivity contribution in [3.8, 4) is 0 Å². The summed E-state index contributed by atoms with van der Waals surface area (Å²) in [5, 5.41) is 9.38. The highest BCUT2D eigenvalue weighted by atomic mass is 16.5. The van der Waals surface area contributed by atoms with Crippen LogP contribution in [0.2, 0.25) is 0 Å². The predicted molar refractivity (Wildman–Crippen MR) is 79.9 cm³/mol. The summed E-state index contributed by atoms with van der Waals surface area (Å²) in [4.78, 5) is 21.9. The van der Waals surface area contributed by atoms with E-state index >= 15 is 0 Å². The van der Waals surface area contributed by atoms with E-state index in [4.69, 9.17) is 4.74 Å². The van der Waals surface area contributed by atoms with Gasteiger partial charge in [0.25, 0.3) is 0 Å². The first-order valence-electron chi connectivity index (χ1n) is 7.38. The third-order valence-corrected chi connectivity index (χ3v) is 3.70. The molecule has 1 fully saturated rings. The number of hydrogen-bond acceptors (Lipinski definition) is 5. The molecule has 1 aliphatic heterocycles. The average Bonchev–Trinajstić information content (AvgIpc) is 2.47. The summed E-state index contributed by atoms with van der Waals surface area (Å²) in [6, 6.07) is 0. The molecule has 1 aromatic heterocycles. The first-order valence-corrected chi connectivity index (χ1v) is 7.38. The van der Waals surface area contributed by atoms with Gasteiger partial charge < -0.3 is 14.7 Å². The average molecular weight is 293 g/mol. The Morgan fingerprint density at radius 3 is 2.90 bits per heavy atom. The smallest absolute Gasteiger partial charge is 0.356 e. The van der Waals surface area contributed by atoms with Crippen LogP contribution in [0.25, 0.3) is 0 Å². The van der Waals surface area contributed by atoms with Gasteiger partial charge >= 0.3 is 5.97 Å². The van der Waals surface area contributed by atoms with Gasteiger partial charge in [0, 0.05) is 26.1 Å². The first-order chi connectivity index (χ1) is 9.99. The monoisotopic (exact) mass is 293 g/mol. The van der Waals surface area contributed by atoms with Crippen molar-refractivity contribution in [2.24, 2.45) is 5.92 Å². The van der Waals surface area contributed by atoms with Gasteiger partial charge in [-0.05, 0) is 18.8 Å². The number of rotatable bonds is 5. The highest BCUT2D eigenvalue weighted by Gasteiger charge is 2.21. The molecule has 0 radical (unpaired) electrons. The second-order valence-corrected chi connectivity index (χ2v) is 5.89. The number of carboxylic acid groups (broad SMARTS) is 1. The molecule has 0 saturated carbocycles. The van der Waals surface area contributed by atoms with Crippen LogP contribution in [-0.2, 0) is 4.74 Å². The van der Waals surface area contributed by atoms with E-state index < -0.39 is 5.97 Å². The van der Waals surface area contributed by atoms with E-state index in [1.54, 1.807) is 6.20 Å². The summed E-state index contributed by atoms with van der Waals surface area (Å²) >= 11 is 0. The lowest BCUT2D eigenvalue weighted by Crippen LogP contribution is -2.32. The van der Waals surface area contributed by atoms with E-state index in [0.29, 0.717) is 17.4 Å². The number of carbonyl (C=O) groups is 1. The molecular weight excluding hydrogens is 270 g/mol. The SMILES string of the molecule is CC(C)c1ncc(N(C)CC2CCCOC2)c(C(=O)O)n1. The van der Waals surface area contributed by atoms with Gasteiger partial charge in [-0.2, -0.15) is 0 Å². The van der Waals surface area contributed by atoms with E-state index in [1.807, 2.05) is 25.8 Å². The number of aromatic nitrogens is 2. The standard InChI is InChI=1S/C15H23N3O3/c1-10(2)14-16-7-12(13(17-14)15(19)20)18(3)8-11-5-4-6-21-9-11/h7,10-11H,4-6,8-9H2,1-3H3,(H,19,20). The summed E-state index contributed by atoms with van der Waals surface area (Å²) < 4.78 is 5.47. The topological polar surface area (TPSA) is 75.6 Å². The van der Waals surface area contributed by atoms with E-state index in [1.165, 1.54) is 0 Å². The maximum Gasteiger partial charge on any atom is 0.356 e. The van der Waals surface area contributed by atoms with Gasteiger partial charge in [0.15, 0.2) is 5.69 Å². The molecule has 0 bridgehead atoms. The first kappa shape index (κ1) is 15.7. The molecule has 0 aromatic carbocycles. The van der Waals surface area contributed by atoms with Crippen LogP contribution in [0.4, 0.5) is 5.69 Å². The van der Waals surface area contributed by atoms with E-state index in [0.717, 1.165) is 32.6 Å². The second-order valence-electron chi connectivity index (χ2n) is 5.89. The number of ether oxygens (including phenoxy) is 1. The van der Waals surface area contributed by atoms with Gasteiger partial charge in [-0.15, -0.1) is 0 Å². The number of carboxylic acids is 1. The molecular formula is C15H23N3O3. The Balaban J connectivity index is 2.18. The Hall–Kier alpha value is -1.69. The van der Waals surface area contributed by atoms with Crippen molar-refractivity contribution < 1.29 is 14.6 Å². The van der Waals surface area contributed by atoms with Gasteiger partial charge in [0.2, 0.25) is 0 Å². The maximum atomic E-state index is 11.5. The highest BCUT2D eigenvalue weighted by Crippen LogP contribution is 2.22. The minimum absolute atomic E-state index is 0.0768. The quantitative estimate of drug-likeness (QED) is 0.896. The van der Waals surface area contributed by atoms with Crippen molar-refractivity contribution >= 4 is 11.7 Å². The van der Waals surface area contributed by atoms with Gasteiger partial charge in [0.05, 0.1) is 18.5 Å². The Bertz CT molecular complexity index is 499. The molecule has 116 valence electrons. The van der Waals surface area contributed by atoms with Crippen LogP contribution >= 0.6 is 0 Å². The maximum absolute atomic E-state index is 11.5. The molecule has 2 rings (SSSR count). The molecule has 1 saturated heterocycles. The van der Waals surface area contributed by atoms with E-state index in [9.17, 15) is 9.90 Å². The minimum Gasteiger partial charge on any atom is -0.476 e. The molecule has 1 aliphatic rings. The summed E-state index contributed by atoms with van der Waals surface area (Å²) in [6.45, 7) is 6.21. The number of hydrogen-bond donors (Lipinski definition) is 1. The van der Waals surface area contributed by atoms with Crippen molar-refractivity contribution in [1.29, 1.82) is 0 Å². The second kappa shape index (κ2) is 6.85. The predicted octanol–water partition coefficient (Wildman–Crippen LogP) is 2.16. The molecule has 6 nitrogen and oxygen atoms in total. The van der Waals surface area contributed by atoms with Crippen LogP contribution in [0.15, 0.2) is 6.20 Å². The fourth-order valence-electron chi connectivity index (χ4n) is 2.54. The number of nitrogens with zero attached hydrogens (tertiary/aromatic N) is 3. The van der Waals surface area contributed by atoms with Crippen LogP contribution in [0.3, 0.4) is 0 Å². The van der Waals surface area contributed by atoms with Crippen molar-refractivity contribution in [3.63, 3.8) is 0 Å². The van der Waals surface area contributed by atoms with Crippen molar-refractivity contribution in [2.45, 2.75) is 32.6 Å². The van der Waals surface area contributed by atoms with E-state index in [-0.39, 0.29) is 11.6 Å². The summed E-state index contributed by atoms with van der Waals surface area (Å²) in [5.41, 5.74) is 0.644. The van der Waals surface area contributed by atoms with Crippen molar-refractivity contribution in [2.75, 3.05) is 31.7 Å². The van der Waals surface area contributed by atoms with Crippen LogP contribution in [0.1, 0.15) is 48.9 Å². The molecule has 0 amide bonds. The normalized spacial score (nSPS) is 18.8. The summed E-state index contributed by atoms with van der Waals surface area (Å²) in [7, 11) is 1.88. The highest BCUT2D eigenvalue weighted by molar-refractivity contribution is 5.91. The molecule has 1 unspecified atom stereocenters. The lowest BCUT2D eigenvalue weighted by molar-refractivity contribution is 0.0576. The number of aromatic carboxylic acids is 1. The van der Waals surface area contributed by atoms with Gasteiger partial charge in [-0.25, -0.2) is 14.8 Å². The molecule has 1 aromatic rings. The Morgan fingerprint density at radius 2 is 2.33 bits per heavy atom. The lowest BCUT2D eigenvalue weighted by atomic mass is 10.0. The zero-order chi connectivity index (χ0) is 15.4. The largest absolute Gasteiger partial charge is 0.476 e.